The third-order valence-corrected chi connectivity index (χ3v) is 3.68. The minimum Gasteiger partial charge on any atom is -0.504 e. The number of Topliss-reactive ketones (excluding diaryl/α,β-unsaturated/α-hetero) is 1. The van der Waals surface area contributed by atoms with Gasteiger partial charge in [0.25, 0.3) is 0 Å². The maximum Gasteiger partial charge on any atom is 0.306 e. The third-order valence-electron chi connectivity index (χ3n) is 3.68. The number of aromatic amines is 1. The lowest BCUT2D eigenvalue weighted by molar-refractivity contribution is -0.142. The summed E-state index contributed by atoms with van der Waals surface area (Å²) in [5.74, 6) is -0.281. The largest absolute Gasteiger partial charge is 0.504 e. The SMILES string of the molecule is COc1ccc(CCC(=O)OCC(=O)c2cc(C)[nH]c2C)cc1O. The van der Waals surface area contributed by atoms with Crippen LogP contribution in [0.25, 0.3) is 0 Å². The van der Waals surface area contributed by atoms with Crippen molar-refractivity contribution in [1.29, 1.82) is 0 Å². The Morgan fingerprint density at radius 1 is 1.21 bits per heavy atom. The number of benzene rings is 1. The van der Waals surface area contributed by atoms with Gasteiger partial charge in [-0.25, -0.2) is 0 Å². The van der Waals surface area contributed by atoms with E-state index < -0.39 is 5.97 Å². The Hall–Kier alpha value is -2.76. The number of aryl methyl sites for hydroxylation is 3. The lowest BCUT2D eigenvalue weighted by Gasteiger charge is -2.07. The smallest absolute Gasteiger partial charge is 0.306 e. The average Bonchev–Trinajstić information content (AvgIpc) is 2.89. The van der Waals surface area contributed by atoms with Gasteiger partial charge in [-0.1, -0.05) is 6.07 Å². The number of aromatic nitrogens is 1. The van der Waals surface area contributed by atoms with E-state index in [0.717, 1.165) is 17.0 Å². The molecule has 128 valence electrons. The van der Waals surface area contributed by atoms with Crippen LogP contribution in [0, 0.1) is 13.8 Å². The molecule has 0 radical (unpaired) electrons. The van der Waals surface area contributed by atoms with Crippen LogP contribution in [0.15, 0.2) is 24.3 Å². The fraction of sp³-hybridized carbons (Fsp3) is 0.333. The summed E-state index contributed by atoms with van der Waals surface area (Å²) in [7, 11) is 1.47. The minimum atomic E-state index is -0.455. The zero-order valence-electron chi connectivity index (χ0n) is 14.0. The molecular weight excluding hydrogens is 310 g/mol. The first-order chi connectivity index (χ1) is 11.4. The van der Waals surface area contributed by atoms with E-state index >= 15 is 0 Å². The molecule has 1 aromatic heterocycles. The van der Waals surface area contributed by atoms with Gasteiger partial charge in [0, 0.05) is 23.4 Å². The van der Waals surface area contributed by atoms with Crippen molar-refractivity contribution in [3.05, 3.63) is 46.8 Å². The van der Waals surface area contributed by atoms with Crippen molar-refractivity contribution in [2.24, 2.45) is 0 Å². The summed E-state index contributed by atoms with van der Waals surface area (Å²) >= 11 is 0. The van der Waals surface area contributed by atoms with Crippen LogP contribution >= 0.6 is 0 Å². The van der Waals surface area contributed by atoms with Crippen molar-refractivity contribution in [2.75, 3.05) is 13.7 Å². The second-order valence-corrected chi connectivity index (χ2v) is 5.58. The normalized spacial score (nSPS) is 10.5. The van der Waals surface area contributed by atoms with Gasteiger partial charge in [0.2, 0.25) is 5.78 Å². The van der Waals surface area contributed by atoms with E-state index in [9.17, 15) is 14.7 Å². The van der Waals surface area contributed by atoms with Crippen LogP contribution in [0.3, 0.4) is 0 Å². The highest BCUT2D eigenvalue weighted by Gasteiger charge is 2.14. The molecule has 24 heavy (non-hydrogen) atoms. The van der Waals surface area contributed by atoms with Crippen LogP contribution in [0.4, 0.5) is 0 Å². The van der Waals surface area contributed by atoms with Crippen LogP contribution in [0.2, 0.25) is 0 Å². The molecule has 0 saturated carbocycles. The Morgan fingerprint density at radius 3 is 2.54 bits per heavy atom. The predicted molar refractivity (Wildman–Crippen MR) is 88.5 cm³/mol. The van der Waals surface area contributed by atoms with Crippen molar-refractivity contribution in [1.82, 2.24) is 4.98 Å². The summed E-state index contributed by atoms with van der Waals surface area (Å²) in [6.45, 7) is 3.39. The number of phenols is 1. The fourth-order valence-corrected chi connectivity index (χ4v) is 2.45. The van der Waals surface area contributed by atoms with Gasteiger partial charge in [0.05, 0.1) is 7.11 Å². The summed E-state index contributed by atoms with van der Waals surface area (Å²) in [5, 5.41) is 9.70. The number of aromatic hydroxyl groups is 1. The molecule has 0 spiro atoms. The number of carbonyl (C=O) groups excluding carboxylic acids is 2. The van der Waals surface area contributed by atoms with Gasteiger partial charge in [-0.3, -0.25) is 9.59 Å². The van der Waals surface area contributed by atoms with Gasteiger partial charge in [-0.05, 0) is 44.0 Å². The van der Waals surface area contributed by atoms with Crippen LogP contribution in [0.5, 0.6) is 11.5 Å². The molecule has 0 bridgehead atoms. The van der Waals surface area contributed by atoms with Gasteiger partial charge in [-0.15, -0.1) is 0 Å². The number of ketones is 1. The highest BCUT2D eigenvalue weighted by Crippen LogP contribution is 2.26. The molecule has 0 amide bonds. The quantitative estimate of drug-likeness (QED) is 0.601. The standard InChI is InChI=1S/C18H21NO5/c1-11-8-14(12(2)19-11)16(21)10-24-18(22)7-5-13-4-6-17(23-3)15(20)9-13/h4,6,8-9,19-20H,5,7,10H2,1-3H3. The van der Waals surface area contributed by atoms with E-state index in [1.807, 2.05) is 6.92 Å². The molecule has 0 atom stereocenters. The number of nitrogens with one attached hydrogen (secondary N) is 1. The number of hydrogen-bond acceptors (Lipinski definition) is 5. The van der Waals surface area contributed by atoms with Crippen molar-refractivity contribution >= 4 is 11.8 Å². The first kappa shape index (κ1) is 17.6. The molecule has 2 N–H and O–H groups in total. The average molecular weight is 331 g/mol. The van der Waals surface area contributed by atoms with Gasteiger partial charge >= 0.3 is 5.97 Å². The molecule has 2 rings (SSSR count). The molecule has 0 aliphatic carbocycles. The number of hydrogen-bond donors (Lipinski definition) is 2. The topological polar surface area (TPSA) is 88.6 Å². The second kappa shape index (κ2) is 7.68. The highest BCUT2D eigenvalue weighted by molar-refractivity contribution is 5.99. The molecule has 6 heteroatoms. The molecule has 0 fully saturated rings. The molecule has 6 nitrogen and oxygen atoms in total. The lowest BCUT2D eigenvalue weighted by Crippen LogP contribution is -2.14. The number of ether oxygens (including phenoxy) is 2. The fourth-order valence-electron chi connectivity index (χ4n) is 2.45. The van der Waals surface area contributed by atoms with Crippen LogP contribution < -0.4 is 4.74 Å². The second-order valence-electron chi connectivity index (χ2n) is 5.58. The Kier molecular flexibility index (Phi) is 5.63. The maximum absolute atomic E-state index is 12.0. The van der Waals surface area contributed by atoms with Crippen molar-refractivity contribution in [2.45, 2.75) is 26.7 Å². The monoisotopic (exact) mass is 331 g/mol. The van der Waals surface area contributed by atoms with Crippen LogP contribution in [-0.2, 0) is 16.0 Å². The number of H-pyrrole nitrogens is 1. The molecule has 0 aliphatic heterocycles. The highest BCUT2D eigenvalue weighted by atomic mass is 16.5. The van der Waals surface area contributed by atoms with Crippen molar-refractivity contribution < 1.29 is 24.2 Å². The number of esters is 1. The Morgan fingerprint density at radius 2 is 1.96 bits per heavy atom. The first-order valence-electron chi connectivity index (χ1n) is 7.61. The first-order valence-corrected chi connectivity index (χ1v) is 7.61. The molecule has 2 aromatic rings. The molecule has 0 saturated heterocycles. The number of methoxy groups -OCH3 is 1. The van der Waals surface area contributed by atoms with Gasteiger partial charge in [0.15, 0.2) is 18.1 Å². The van der Waals surface area contributed by atoms with Crippen molar-refractivity contribution in [3.8, 4) is 11.5 Å². The van der Waals surface area contributed by atoms with E-state index in [2.05, 4.69) is 4.98 Å². The van der Waals surface area contributed by atoms with E-state index in [4.69, 9.17) is 9.47 Å². The number of carbonyl (C=O) groups is 2. The maximum atomic E-state index is 12.0. The predicted octanol–water partition coefficient (Wildman–Crippen LogP) is 2.70. The summed E-state index contributed by atoms with van der Waals surface area (Å²) in [6, 6.07) is 6.69. The minimum absolute atomic E-state index is 0.0249. The lowest BCUT2D eigenvalue weighted by atomic mass is 10.1. The van der Waals surface area contributed by atoms with Gasteiger partial charge in [0.1, 0.15) is 0 Å². The summed E-state index contributed by atoms with van der Waals surface area (Å²) in [4.78, 5) is 26.9. The van der Waals surface area contributed by atoms with E-state index in [-0.39, 0.29) is 24.6 Å². The van der Waals surface area contributed by atoms with Crippen molar-refractivity contribution in [3.63, 3.8) is 0 Å². The van der Waals surface area contributed by atoms with Crippen LogP contribution in [0.1, 0.15) is 33.7 Å². The van der Waals surface area contributed by atoms with E-state index in [1.54, 1.807) is 31.2 Å². The van der Waals surface area contributed by atoms with Gasteiger partial charge in [-0.2, -0.15) is 0 Å². The Balaban J connectivity index is 1.82. The molecular formula is C18H21NO5. The zero-order valence-corrected chi connectivity index (χ0v) is 14.0. The van der Waals surface area contributed by atoms with E-state index in [0.29, 0.717) is 17.7 Å². The molecule has 1 heterocycles. The number of rotatable bonds is 7. The Labute approximate surface area is 140 Å². The van der Waals surface area contributed by atoms with Gasteiger partial charge < -0.3 is 19.6 Å². The van der Waals surface area contributed by atoms with E-state index in [1.165, 1.54) is 7.11 Å². The molecule has 1 aromatic carbocycles. The summed E-state index contributed by atoms with van der Waals surface area (Å²) in [5.41, 5.74) is 2.98. The number of phenolic OH excluding ortho intramolecular Hbond substituents is 1. The summed E-state index contributed by atoms with van der Waals surface area (Å²) < 4.78 is 9.99. The Bertz CT molecular complexity index is 748. The molecule has 0 unspecified atom stereocenters. The molecule has 0 aliphatic rings. The summed E-state index contributed by atoms with van der Waals surface area (Å²) in [6.07, 6.45) is 0.539. The third kappa shape index (κ3) is 4.38. The zero-order chi connectivity index (χ0) is 17.7. The van der Waals surface area contributed by atoms with Crippen LogP contribution in [-0.4, -0.2) is 35.6 Å².